The van der Waals surface area contributed by atoms with Gasteiger partial charge in [0.2, 0.25) is 11.9 Å². The van der Waals surface area contributed by atoms with E-state index in [1.54, 1.807) is 6.92 Å². The lowest BCUT2D eigenvalue weighted by Gasteiger charge is -2.06. The van der Waals surface area contributed by atoms with Gasteiger partial charge in [0, 0.05) is 5.92 Å². The number of aromatic amines is 2. The monoisotopic (exact) mass is 184 g/mol. The van der Waals surface area contributed by atoms with Gasteiger partial charge in [0.05, 0.1) is 0 Å². The average molecular weight is 184 g/mol. The van der Waals surface area contributed by atoms with E-state index in [1.807, 2.05) is 6.92 Å². The summed E-state index contributed by atoms with van der Waals surface area (Å²) >= 11 is 0. The first-order valence-corrected chi connectivity index (χ1v) is 4.09. The molecule has 6 nitrogen and oxygen atoms in total. The van der Waals surface area contributed by atoms with Crippen LogP contribution in [-0.4, -0.2) is 21.1 Å². The first-order chi connectivity index (χ1) is 6.13. The predicted octanol–water partition coefficient (Wildman–Crippen LogP) is 0.0826. The summed E-state index contributed by atoms with van der Waals surface area (Å²) in [7, 11) is 0. The Labute approximate surface area is 74.7 Å². The second kappa shape index (κ2) is 3.88. The quantitative estimate of drug-likeness (QED) is 0.621. The van der Waals surface area contributed by atoms with Gasteiger partial charge in [0.15, 0.2) is 0 Å². The molecule has 0 radical (unpaired) electrons. The van der Waals surface area contributed by atoms with Crippen molar-refractivity contribution in [3.8, 4) is 0 Å². The molecule has 0 bridgehead atoms. The highest BCUT2D eigenvalue weighted by molar-refractivity contribution is 5.90. The number of hydrogen-bond donors (Lipinski definition) is 3. The van der Waals surface area contributed by atoms with Crippen LogP contribution >= 0.6 is 0 Å². The Hall–Kier alpha value is -1.59. The summed E-state index contributed by atoms with van der Waals surface area (Å²) in [4.78, 5) is 24.2. The molecular weight excluding hydrogens is 172 g/mol. The van der Waals surface area contributed by atoms with Crippen LogP contribution in [0, 0.1) is 5.92 Å². The largest absolute Gasteiger partial charge is 0.342 e. The maximum atomic E-state index is 11.3. The number of carbonyl (C=O) groups excluding carboxylic acids is 1. The maximum absolute atomic E-state index is 11.3. The van der Waals surface area contributed by atoms with Crippen molar-refractivity contribution in [3.63, 3.8) is 0 Å². The molecule has 0 aliphatic heterocycles. The van der Waals surface area contributed by atoms with Crippen molar-refractivity contribution in [1.82, 2.24) is 15.2 Å². The second-order valence-electron chi connectivity index (χ2n) is 2.82. The molecule has 0 spiro atoms. The number of rotatable bonds is 3. The van der Waals surface area contributed by atoms with E-state index in [0.717, 1.165) is 6.42 Å². The number of H-pyrrole nitrogens is 2. The Kier molecular flexibility index (Phi) is 2.84. The van der Waals surface area contributed by atoms with E-state index < -0.39 is 5.69 Å². The Morgan fingerprint density at radius 3 is 2.85 bits per heavy atom. The minimum absolute atomic E-state index is 0.0831. The molecule has 0 aliphatic rings. The third-order valence-electron chi connectivity index (χ3n) is 1.80. The van der Waals surface area contributed by atoms with E-state index in [9.17, 15) is 9.59 Å². The molecule has 1 rings (SSSR count). The lowest BCUT2D eigenvalue weighted by atomic mass is 10.1. The first kappa shape index (κ1) is 9.50. The Balaban J connectivity index is 2.59. The van der Waals surface area contributed by atoms with Crippen molar-refractivity contribution in [3.05, 3.63) is 10.5 Å². The van der Waals surface area contributed by atoms with Crippen LogP contribution in [0.3, 0.4) is 0 Å². The van der Waals surface area contributed by atoms with Crippen LogP contribution in [0.15, 0.2) is 4.79 Å². The molecule has 13 heavy (non-hydrogen) atoms. The zero-order valence-corrected chi connectivity index (χ0v) is 7.55. The number of anilines is 1. The summed E-state index contributed by atoms with van der Waals surface area (Å²) in [6.07, 6.45) is 0.750. The standard InChI is InChI=1S/C7H12N4O2/c1-3-4(2)5(12)8-6-9-7(13)11-10-6/h4H,3H2,1-2H3,(H3,8,9,10,11,12,13). The van der Waals surface area contributed by atoms with Gasteiger partial charge in [-0.3, -0.25) is 15.1 Å². The molecule has 1 atom stereocenters. The van der Waals surface area contributed by atoms with Gasteiger partial charge < -0.3 is 0 Å². The Bertz CT molecular complexity index is 340. The van der Waals surface area contributed by atoms with Crippen LogP contribution in [0.25, 0.3) is 0 Å². The minimum atomic E-state index is -0.431. The summed E-state index contributed by atoms with van der Waals surface area (Å²) in [5.41, 5.74) is -0.431. The van der Waals surface area contributed by atoms with E-state index in [0.29, 0.717) is 0 Å². The highest BCUT2D eigenvalue weighted by atomic mass is 16.2. The minimum Gasteiger partial charge on any atom is -0.295 e. The fourth-order valence-electron chi connectivity index (χ4n) is 0.755. The molecular formula is C7H12N4O2. The molecule has 3 N–H and O–H groups in total. The predicted molar refractivity (Wildman–Crippen MR) is 47.3 cm³/mol. The smallest absolute Gasteiger partial charge is 0.295 e. The molecule has 1 heterocycles. The molecule has 72 valence electrons. The van der Waals surface area contributed by atoms with Crippen molar-refractivity contribution in [2.75, 3.05) is 5.32 Å². The summed E-state index contributed by atoms with van der Waals surface area (Å²) in [6, 6.07) is 0. The van der Waals surface area contributed by atoms with Gasteiger partial charge in [-0.1, -0.05) is 13.8 Å². The summed E-state index contributed by atoms with van der Waals surface area (Å²) in [6.45, 7) is 3.72. The number of nitrogens with one attached hydrogen (secondary N) is 3. The van der Waals surface area contributed by atoms with Gasteiger partial charge in [-0.2, -0.15) is 0 Å². The lowest BCUT2D eigenvalue weighted by molar-refractivity contribution is -0.119. The van der Waals surface area contributed by atoms with Crippen LogP contribution in [-0.2, 0) is 4.79 Å². The molecule has 1 amide bonds. The van der Waals surface area contributed by atoms with E-state index in [2.05, 4.69) is 20.5 Å². The normalized spacial score (nSPS) is 12.5. The third-order valence-corrected chi connectivity index (χ3v) is 1.80. The summed E-state index contributed by atoms with van der Waals surface area (Å²) in [5, 5.41) is 8.18. The van der Waals surface area contributed by atoms with Crippen LogP contribution < -0.4 is 11.0 Å². The molecule has 0 saturated carbocycles. The Morgan fingerprint density at radius 1 is 1.69 bits per heavy atom. The van der Waals surface area contributed by atoms with E-state index in [1.165, 1.54) is 0 Å². The molecule has 0 aromatic carbocycles. The van der Waals surface area contributed by atoms with Gasteiger partial charge in [0.1, 0.15) is 0 Å². The van der Waals surface area contributed by atoms with E-state index >= 15 is 0 Å². The van der Waals surface area contributed by atoms with Crippen molar-refractivity contribution in [1.29, 1.82) is 0 Å². The van der Waals surface area contributed by atoms with Gasteiger partial charge in [0.25, 0.3) is 0 Å². The maximum Gasteiger partial charge on any atom is 0.342 e. The number of carbonyl (C=O) groups is 1. The second-order valence-corrected chi connectivity index (χ2v) is 2.82. The van der Waals surface area contributed by atoms with E-state index in [4.69, 9.17) is 0 Å². The fraction of sp³-hybridized carbons (Fsp3) is 0.571. The summed E-state index contributed by atoms with van der Waals surface area (Å²) in [5.74, 6) is -0.0687. The topological polar surface area (TPSA) is 90.6 Å². The van der Waals surface area contributed by atoms with Crippen molar-refractivity contribution in [2.45, 2.75) is 20.3 Å². The van der Waals surface area contributed by atoms with Crippen molar-refractivity contribution < 1.29 is 4.79 Å². The van der Waals surface area contributed by atoms with Gasteiger partial charge >= 0.3 is 5.69 Å². The third kappa shape index (κ3) is 2.43. The first-order valence-electron chi connectivity index (χ1n) is 4.09. The molecule has 0 saturated heterocycles. The zero-order chi connectivity index (χ0) is 9.84. The van der Waals surface area contributed by atoms with Crippen LogP contribution in [0.2, 0.25) is 0 Å². The van der Waals surface area contributed by atoms with Crippen molar-refractivity contribution >= 4 is 11.9 Å². The number of aromatic nitrogens is 3. The Morgan fingerprint density at radius 2 is 2.38 bits per heavy atom. The SMILES string of the molecule is CCC(C)C(=O)Nc1n[nH]c(=O)[nH]1. The van der Waals surface area contributed by atoms with E-state index in [-0.39, 0.29) is 17.8 Å². The molecule has 1 aromatic heterocycles. The average Bonchev–Trinajstić information content (AvgIpc) is 2.49. The number of amides is 1. The molecule has 0 aliphatic carbocycles. The molecule has 6 heteroatoms. The van der Waals surface area contributed by atoms with Gasteiger partial charge in [-0.15, -0.1) is 5.10 Å². The van der Waals surface area contributed by atoms with Crippen molar-refractivity contribution in [2.24, 2.45) is 5.92 Å². The zero-order valence-electron chi connectivity index (χ0n) is 7.55. The summed E-state index contributed by atoms with van der Waals surface area (Å²) < 4.78 is 0. The number of hydrogen-bond acceptors (Lipinski definition) is 3. The molecule has 1 unspecified atom stereocenters. The molecule has 0 fully saturated rings. The van der Waals surface area contributed by atoms with Gasteiger partial charge in [-0.25, -0.2) is 9.89 Å². The number of nitrogens with zero attached hydrogens (tertiary/aromatic N) is 1. The van der Waals surface area contributed by atoms with Crippen LogP contribution in [0.1, 0.15) is 20.3 Å². The highest BCUT2D eigenvalue weighted by Gasteiger charge is 2.11. The highest BCUT2D eigenvalue weighted by Crippen LogP contribution is 2.03. The van der Waals surface area contributed by atoms with Gasteiger partial charge in [-0.05, 0) is 6.42 Å². The van der Waals surface area contributed by atoms with Crippen LogP contribution in [0.5, 0.6) is 0 Å². The molecule has 1 aromatic rings. The lowest BCUT2D eigenvalue weighted by Crippen LogP contribution is -2.20. The fourth-order valence-corrected chi connectivity index (χ4v) is 0.755. The van der Waals surface area contributed by atoms with Crippen LogP contribution in [0.4, 0.5) is 5.95 Å².